The molecule has 2 aromatic rings. The SMILES string of the molecule is CCc1ccc([C@@]2(CCN3CCN(C4CCCCC4)CC3)CCCN(C(=O)Cc3cc(C(F)(F)F)cc(C(F)(F)F)c3)C2)cc1CC. The Bertz CT molecular complexity index is 1330. The summed E-state index contributed by atoms with van der Waals surface area (Å²) in [5, 5.41) is 0. The summed E-state index contributed by atoms with van der Waals surface area (Å²) in [7, 11) is 0. The van der Waals surface area contributed by atoms with Crippen molar-refractivity contribution in [2.45, 2.75) is 108 Å². The number of nitrogens with zero attached hydrogens (tertiary/aromatic N) is 3. The van der Waals surface area contributed by atoms with Gasteiger partial charge in [0.15, 0.2) is 0 Å². The van der Waals surface area contributed by atoms with Gasteiger partial charge in [-0.1, -0.05) is 51.3 Å². The Labute approximate surface area is 275 Å². The molecule has 5 rings (SSSR count). The van der Waals surface area contributed by atoms with Crippen molar-refractivity contribution in [3.63, 3.8) is 0 Å². The summed E-state index contributed by atoms with van der Waals surface area (Å²) in [5.74, 6) is -0.441. The Morgan fingerprint density at radius 3 is 2.02 bits per heavy atom. The fourth-order valence-corrected chi connectivity index (χ4v) is 8.14. The number of piperidine rings is 1. The van der Waals surface area contributed by atoms with Gasteiger partial charge >= 0.3 is 12.4 Å². The maximum absolute atomic E-state index is 13.7. The number of hydrogen-bond acceptors (Lipinski definition) is 3. The van der Waals surface area contributed by atoms with Crippen LogP contribution in [0.5, 0.6) is 0 Å². The zero-order valence-corrected chi connectivity index (χ0v) is 27.8. The Balaban J connectivity index is 1.35. The topological polar surface area (TPSA) is 26.8 Å². The van der Waals surface area contributed by atoms with E-state index >= 15 is 0 Å². The standard InChI is InChI=1S/C37H49F6N3O/c1-3-28-11-12-30(24-29(28)4-2)35(14-16-44-17-19-45(20-18-44)33-9-6-5-7-10-33)13-8-15-46(26-35)34(47)23-27-21-31(36(38,39)40)25-32(22-27)37(41,42)43/h11-12,21-22,24-25,33H,3-10,13-20,23,26H2,1-2H3/t35-/m1/s1. The zero-order valence-electron chi connectivity index (χ0n) is 27.8. The van der Waals surface area contributed by atoms with Gasteiger partial charge in [0.25, 0.3) is 0 Å². The second kappa shape index (κ2) is 14.9. The predicted octanol–water partition coefficient (Wildman–Crippen LogP) is 8.29. The van der Waals surface area contributed by atoms with Gasteiger partial charge in [-0.15, -0.1) is 0 Å². The first-order chi connectivity index (χ1) is 22.3. The fraction of sp³-hybridized carbons (Fsp3) is 0.649. The maximum Gasteiger partial charge on any atom is 0.416 e. The number of carbonyl (C=O) groups is 1. The van der Waals surface area contributed by atoms with E-state index in [0.717, 1.165) is 58.4 Å². The minimum Gasteiger partial charge on any atom is -0.342 e. The van der Waals surface area contributed by atoms with Gasteiger partial charge in [-0.25, -0.2) is 0 Å². The van der Waals surface area contributed by atoms with Crippen molar-refractivity contribution >= 4 is 5.91 Å². The van der Waals surface area contributed by atoms with Crippen LogP contribution < -0.4 is 0 Å². The van der Waals surface area contributed by atoms with Crippen molar-refractivity contribution in [2.24, 2.45) is 0 Å². The van der Waals surface area contributed by atoms with Crippen molar-refractivity contribution in [1.29, 1.82) is 0 Å². The third kappa shape index (κ3) is 8.72. The van der Waals surface area contributed by atoms with E-state index < -0.39 is 35.8 Å². The van der Waals surface area contributed by atoms with Crippen LogP contribution in [0, 0.1) is 0 Å². The molecular formula is C37H49F6N3O. The van der Waals surface area contributed by atoms with Crippen LogP contribution in [0.25, 0.3) is 0 Å². The molecule has 2 aliphatic heterocycles. The Morgan fingerprint density at radius 1 is 0.787 bits per heavy atom. The molecule has 3 fully saturated rings. The number of rotatable bonds is 9. The number of halogens is 6. The molecule has 0 radical (unpaired) electrons. The molecule has 3 aliphatic rings. The van der Waals surface area contributed by atoms with Crippen molar-refractivity contribution in [1.82, 2.24) is 14.7 Å². The number of piperazine rings is 1. The predicted molar refractivity (Wildman–Crippen MR) is 172 cm³/mol. The highest BCUT2D eigenvalue weighted by Gasteiger charge is 2.41. The quantitative estimate of drug-likeness (QED) is 0.252. The molecule has 1 amide bonds. The van der Waals surface area contributed by atoms with Gasteiger partial charge < -0.3 is 9.80 Å². The Morgan fingerprint density at radius 2 is 1.43 bits per heavy atom. The van der Waals surface area contributed by atoms with E-state index in [0.29, 0.717) is 37.7 Å². The second-order valence-corrected chi connectivity index (χ2v) is 13.9. The van der Waals surface area contributed by atoms with Gasteiger partial charge in [0.1, 0.15) is 0 Å². The van der Waals surface area contributed by atoms with E-state index in [1.165, 1.54) is 48.8 Å². The fourth-order valence-electron chi connectivity index (χ4n) is 8.14. The first kappa shape index (κ1) is 35.7. The molecule has 0 spiro atoms. The average Bonchev–Trinajstić information content (AvgIpc) is 3.06. The van der Waals surface area contributed by atoms with Crippen LogP contribution in [0.1, 0.15) is 98.6 Å². The Hall–Kier alpha value is -2.59. The van der Waals surface area contributed by atoms with Crippen LogP contribution in [0.3, 0.4) is 0 Å². The number of likely N-dealkylation sites (tertiary alicyclic amines) is 1. The van der Waals surface area contributed by atoms with Crippen LogP contribution in [-0.4, -0.2) is 72.5 Å². The lowest BCUT2D eigenvalue weighted by atomic mass is 9.70. The van der Waals surface area contributed by atoms with Crippen molar-refractivity contribution in [2.75, 3.05) is 45.8 Å². The lowest BCUT2D eigenvalue weighted by Gasteiger charge is -2.46. The first-order valence-corrected chi connectivity index (χ1v) is 17.5. The van der Waals surface area contributed by atoms with Crippen LogP contribution in [0.2, 0.25) is 0 Å². The summed E-state index contributed by atoms with van der Waals surface area (Å²) in [6.45, 7) is 10.1. The normalized spacial score (nSPS) is 22.5. The van der Waals surface area contributed by atoms with Crippen molar-refractivity contribution in [3.8, 4) is 0 Å². The monoisotopic (exact) mass is 665 g/mol. The van der Waals surface area contributed by atoms with Crippen LogP contribution in [-0.2, 0) is 41.8 Å². The highest BCUT2D eigenvalue weighted by molar-refractivity contribution is 5.79. The molecule has 2 saturated heterocycles. The van der Waals surface area contributed by atoms with E-state index in [-0.39, 0.29) is 17.0 Å². The molecule has 1 atom stereocenters. The molecule has 0 unspecified atom stereocenters. The summed E-state index contributed by atoms with van der Waals surface area (Å²) in [5.41, 5.74) is 0.324. The minimum absolute atomic E-state index is 0.111. The molecule has 260 valence electrons. The van der Waals surface area contributed by atoms with Crippen molar-refractivity contribution in [3.05, 3.63) is 69.8 Å². The van der Waals surface area contributed by atoms with Crippen LogP contribution in [0.4, 0.5) is 26.3 Å². The number of alkyl halides is 6. The highest BCUT2D eigenvalue weighted by atomic mass is 19.4. The second-order valence-electron chi connectivity index (χ2n) is 13.9. The minimum atomic E-state index is -4.96. The summed E-state index contributed by atoms with van der Waals surface area (Å²) >= 11 is 0. The largest absolute Gasteiger partial charge is 0.416 e. The number of benzene rings is 2. The third-order valence-corrected chi connectivity index (χ3v) is 10.9. The molecule has 4 nitrogen and oxygen atoms in total. The van der Waals surface area contributed by atoms with Crippen LogP contribution in [0.15, 0.2) is 36.4 Å². The Kier molecular flexibility index (Phi) is 11.3. The smallest absolute Gasteiger partial charge is 0.342 e. The maximum atomic E-state index is 13.7. The van der Waals surface area contributed by atoms with Gasteiger partial charge in [0.2, 0.25) is 5.91 Å². The summed E-state index contributed by atoms with van der Waals surface area (Å²) in [6, 6.07) is 8.79. The molecule has 0 aromatic heterocycles. The highest BCUT2D eigenvalue weighted by Crippen LogP contribution is 2.40. The number of hydrogen-bond donors (Lipinski definition) is 0. The summed E-state index contributed by atoms with van der Waals surface area (Å²) < 4.78 is 81.1. The van der Waals surface area contributed by atoms with Gasteiger partial charge in [0, 0.05) is 50.7 Å². The lowest BCUT2D eigenvalue weighted by Crippen LogP contribution is -2.53. The number of aryl methyl sites for hydroxylation is 2. The van der Waals surface area contributed by atoms with Crippen molar-refractivity contribution < 1.29 is 31.1 Å². The number of carbonyl (C=O) groups excluding carboxylic acids is 1. The van der Waals surface area contributed by atoms with Gasteiger partial charge in [0.05, 0.1) is 17.5 Å². The molecule has 2 aromatic carbocycles. The lowest BCUT2D eigenvalue weighted by molar-refractivity contribution is -0.143. The number of amides is 1. The molecule has 2 heterocycles. The van der Waals surface area contributed by atoms with E-state index in [4.69, 9.17) is 0 Å². The van der Waals surface area contributed by atoms with E-state index in [1.54, 1.807) is 4.90 Å². The third-order valence-electron chi connectivity index (χ3n) is 10.9. The van der Waals surface area contributed by atoms with Gasteiger partial charge in [-0.2, -0.15) is 26.3 Å². The van der Waals surface area contributed by atoms with E-state index in [2.05, 4.69) is 41.8 Å². The average molecular weight is 666 g/mol. The molecule has 1 aliphatic carbocycles. The summed E-state index contributed by atoms with van der Waals surface area (Å²) in [4.78, 5) is 20.5. The zero-order chi connectivity index (χ0) is 33.8. The molecule has 0 bridgehead atoms. The van der Waals surface area contributed by atoms with E-state index in [1.807, 2.05) is 0 Å². The molecular weight excluding hydrogens is 616 g/mol. The summed E-state index contributed by atoms with van der Waals surface area (Å²) in [6.07, 6.45) is 0.349. The first-order valence-electron chi connectivity index (χ1n) is 17.5. The molecule has 1 saturated carbocycles. The molecule has 10 heteroatoms. The van der Waals surface area contributed by atoms with Gasteiger partial charge in [-0.05, 0) is 91.9 Å². The van der Waals surface area contributed by atoms with Crippen LogP contribution >= 0.6 is 0 Å². The molecule has 0 N–H and O–H groups in total. The molecule has 47 heavy (non-hydrogen) atoms. The van der Waals surface area contributed by atoms with E-state index in [9.17, 15) is 31.1 Å². The van der Waals surface area contributed by atoms with Gasteiger partial charge in [-0.3, -0.25) is 9.69 Å².